The lowest BCUT2D eigenvalue weighted by molar-refractivity contribution is -0.132. The first-order valence-corrected chi connectivity index (χ1v) is 13.0. The maximum Gasteiger partial charge on any atom is 0.315 e. The lowest BCUT2D eigenvalue weighted by Gasteiger charge is -2.32. The van der Waals surface area contributed by atoms with E-state index in [0.29, 0.717) is 31.6 Å². The van der Waals surface area contributed by atoms with Crippen LogP contribution in [0, 0.1) is 17.8 Å². The Hall–Kier alpha value is -1.92. The van der Waals surface area contributed by atoms with Crippen molar-refractivity contribution in [3.8, 4) is 0 Å². The summed E-state index contributed by atoms with van der Waals surface area (Å²) in [6.45, 7) is 9.70. The molecule has 192 valence electrons. The molecule has 0 spiro atoms. The van der Waals surface area contributed by atoms with Crippen molar-refractivity contribution in [3.05, 3.63) is 0 Å². The minimum absolute atomic E-state index is 0.118. The molecule has 2 fully saturated rings. The van der Waals surface area contributed by atoms with Gasteiger partial charge in [-0.05, 0) is 74.5 Å². The third-order valence-electron chi connectivity index (χ3n) is 5.85. The van der Waals surface area contributed by atoms with Crippen molar-refractivity contribution < 1.29 is 24.0 Å². The van der Waals surface area contributed by atoms with Gasteiger partial charge in [-0.3, -0.25) is 14.4 Å². The molecule has 4 atom stereocenters. The fourth-order valence-corrected chi connectivity index (χ4v) is 4.90. The molecule has 0 bridgehead atoms. The molecule has 0 aromatic heterocycles. The van der Waals surface area contributed by atoms with Crippen LogP contribution < -0.4 is 26.6 Å². The van der Waals surface area contributed by atoms with E-state index < -0.39 is 39.0 Å². The van der Waals surface area contributed by atoms with Gasteiger partial charge in [0.05, 0.1) is 6.04 Å². The molecule has 2 rings (SSSR count). The summed E-state index contributed by atoms with van der Waals surface area (Å²) in [6, 6.07) is -2.15. The van der Waals surface area contributed by atoms with Crippen molar-refractivity contribution in [2.75, 3.05) is 6.54 Å². The van der Waals surface area contributed by atoms with Crippen LogP contribution in [0.4, 0.5) is 4.79 Å². The Balaban J connectivity index is 2.10. The predicted octanol–water partition coefficient (Wildman–Crippen LogP) is 1.37. The minimum Gasteiger partial charge on any atom is -0.356 e. The number of aldehydes is 1. The van der Waals surface area contributed by atoms with Crippen molar-refractivity contribution in [2.24, 2.45) is 17.8 Å². The summed E-state index contributed by atoms with van der Waals surface area (Å²) in [4.78, 5) is 62.5. The molecule has 0 radical (unpaired) electrons. The van der Waals surface area contributed by atoms with Crippen LogP contribution in [-0.2, 0) is 19.2 Å². The van der Waals surface area contributed by atoms with Crippen LogP contribution in [0.15, 0.2) is 0 Å². The summed E-state index contributed by atoms with van der Waals surface area (Å²) in [7, 11) is 0. The molecule has 5 amide bonds. The second kappa shape index (κ2) is 11.7. The number of hydrogen-bond acceptors (Lipinski definition) is 5. The number of carbonyl (C=O) groups excluding carboxylic acids is 5. The van der Waals surface area contributed by atoms with Gasteiger partial charge in [-0.25, -0.2) is 4.79 Å². The molecule has 1 heterocycles. The van der Waals surface area contributed by atoms with E-state index in [-0.39, 0.29) is 24.2 Å². The lowest BCUT2D eigenvalue weighted by atomic mass is 9.98. The van der Waals surface area contributed by atoms with Gasteiger partial charge in [0, 0.05) is 18.0 Å². The smallest absolute Gasteiger partial charge is 0.315 e. The van der Waals surface area contributed by atoms with Crippen molar-refractivity contribution in [1.82, 2.24) is 26.6 Å². The Labute approximate surface area is 215 Å². The highest BCUT2D eigenvalue weighted by molar-refractivity contribution is 14.1. The largest absolute Gasteiger partial charge is 0.356 e. The molecule has 0 aromatic rings. The van der Waals surface area contributed by atoms with E-state index in [9.17, 15) is 24.0 Å². The highest BCUT2D eigenvalue weighted by Gasteiger charge is 2.44. The van der Waals surface area contributed by atoms with Gasteiger partial charge in [-0.15, -0.1) is 0 Å². The maximum absolute atomic E-state index is 13.3. The Bertz CT molecular complexity index is 795. The first-order chi connectivity index (χ1) is 15.7. The second-order valence-electron chi connectivity index (χ2n) is 10.7. The van der Waals surface area contributed by atoms with Gasteiger partial charge in [-0.2, -0.15) is 0 Å². The Morgan fingerprint density at radius 1 is 1.12 bits per heavy atom. The molecule has 5 N–H and O–H groups in total. The van der Waals surface area contributed by atoms with Crippen molar-refractivity contribution in [3.63, 3.8) is 0 Å². The zero-order chi connectivity index (χ0) is 25.7. The first kappa shape index (κ1) is 28.3. The summed E-state index contributed by atoms with van der Waals surface area (Å²) >= 11 is 1.93. The molecule has 0 aromatic carbocycles. The van der Waals surface area contributed by atoms with Crippen molar-refractivity contribution in [1.29, 1.82) is 0 Å². The Morgan fingerprint density at radius 2 is 1.76 bits per heavy atom. The van der Waals surface area contributed by atoms with Gasteiger partial charge < -0.3 is 31.4 Å². The highest BCUT2D eigenvalue weighted by atomic mass is 127. The molecule has 1 unspecified atom stereocenters. The van der Waals surface area contributed by atoms with Crippen LogP contribution in [0.2, 0.25) is 0 Å². The normalized spacial score (nSPS) is 21.6. The van der Waals surface area contributed by atoms with E-state index in [2.05, 4.69) is 26.6 Å². The van der Waals surface area contributed by atoms with Crippen LogP contribution in [0.5, 0.6) is 0 Å². The molecule has 2 aliphatic rings. The summed E-state index contributed by atoms with van der Waals surface area (Å²) in [6.07, 6.45) is 3.81. The molecule has 11 heteroatoms. The predicted molar refractivity (Wildman–Crippen MR) is 136 cm³/mol. The van der Waals surface area contributed by atoms with E-state index in [1.165, 1.54) is 0 Å². The minimum atomic E-state index is -1.29. The zero-order valence-electron chi connectivity index (χ0n) is 20.6. The van der Waals surface area contributed by atoms with E-state index in [0.717, 1.165) is 12.8 Å². The number of carbonyl (C=O) groups is 5. The van der Waals surface area contributed by atoms with E-state index in [1.807, 2.05) is 57.2 Å². The summed E-state index contributed by atoms with van der Waals surface area (Å²) < 4.78 is -1.29. The summed E-state index contributed by atoms with van der Waals surface area (Å²) in [5.74, 6) is -1.32. The summed E-state index contributed by atoms with van der Waals surface area (Å²) in [5.41, 5.74) is -0.471. The number of alkyl halides is 1. The number of nitrogens with one attached hydrogen (secondary N) is 5. The highest BCUT2D eigenvalue weighted by Crippen LogP contribution is 2.39. The molecule has 10 nitrogen and oxygen atoms in total. The number of hydrogen-bond donors (Lipinski definition) is 5. The molecule has 1 saturated carbocycles. The number of urea groups is 1. The molecule has 1 saturated heterocycles. The van der Waals surface area contributed by atoms with Gasteiger partial charge >= 0.3 is 6.03 Å². The van der Waals surface area contributed by atoms with Gasteiger partial charge in [0.25, 0.3) is 5.91 Å². The zero-order valence-corrected chi connectivity index (χ0v) is 22.8. The number of halogens is 1. The monoisotopic (exact) mass is 591 g/mol. The Kier molecular flexibility index (Phi) is 9.72. The molecule has 1 aliphatic heterocycles. The molecule has 1 aliphatic carbocycles. The average molecular weight is 591 g/mol. The van der Waals surface area contributed by atoms with Crippen LogP contribution in [0.25, 0.3) is 0 Å². The van der Waals surface area contributed by atoms with Crippen LogP contribution >= 0.6 is 22.6 Å². The SMILES string of the molecule is CC(C)[C@H](NC(=O)NC(C)(C)C)C(=O)NC(I)(CC1CC1)C(=O)N[C@H](C=O)C[C@@H]1CCNC1=O. The third kappa shape index (κ3) is 8.70. The second-order valence-corrected chi connectivity index (χ2v) is 12.6. The quantitative estimate of drug-likeness (QED) is 0.107. The van der Waals surface area contributed by atoms with Crippen LogP contribution in [-0.4, -0.2) is 57.8 Å². The van der Waals surface area contributed by atoms with Crippen LogP contribution in [0.3, 0.4) is 0 Å². The molecular formula is C23H38IN5O5. The van der Waals surface area contributed by atoms with E-state index in [1.54, 1.807) is 0 Å². The number of amides is 5. The molecular weight excluding hydrogens is 553 g/mol. The topological polar surface area (TPSA) is 146 Å². The van der Waals surface area contributed by atoms with E-state index in [4.69, 9.17) is 0 Å². The van der Waals surface area contributed by atoms with Gasteiger partial charge in [0.2, 0.25) is 11.8 Å². The first-order valence-electron chi connectivity index (χ1n) is 11.9. The van der Waals surface area contributed by atoms with E-state index >= 15 is 0 Å². The third-order valence-corrected chi connectivity index (χ3v) is 7.05. The Morgan fingerprint density at radius 3 is 2.24 bits per heavy atom. The average Bonchev–Trinajstić information content (AvgIpc) is 3.42. The summed E-state index contributed by atoms with van der Waals surface area (Å²) in [5, 5.41) is 13.8. The van der Waals surface area contributed by atoms with Crippen molar-refractivity contribution in [2.45, 2.75) is 87.9 Å². The fraction of sp³-hybridized carbons (Fsp3) is 0.783. The van der Waals surface area contributed by atoms with Gasteiger partial charge in [-0.1, -0.05) is 26.7 Å². The maximum atomic E-state index is 13.3. The lowest BCUT2D eigenvalue weighted by Crippen LogP contribution is -2.62. The molecule has 34 heavy (non-hydrogen) atoms. The standard InChI is InChI=1S/C23H38IN5O5/c1-13(2)17(27-21(34)29-22(3,4)5)19(32)28-23(24,11-14-6-7-14)20(33)26-16(12-30)10-15-8-9-25-18(15)31/h12-17H,6-11H2,1-5H3,(H,25,31)(H,26,33)(H,28,32)(H2,27,29,34)/t15-,16-,17-,23?/m0/s1. The number of rotatable bonds is 11. The van der Waals surface area contributed by atoms with Gasteiger partial charge in [0.15, 0.2) is 3.55 Å². The van der Waals surface area contributed by atoms with Gasteiger partial charge in [0.1, 0.15) is 12.3 Å². The fourth-order valence-electron chi connectivity index (χ4n) is 3.85. The van der Waals surface area contributed by atoms with Crippen LogP contribution in [0.1, 0.15) is 66.7 Å². The van der Waals surface area contributed by atoms with Crippen molar-refractivity contribution >= 4 is 52.6 Å².